The smallest absolute Gasteiger partial charge is 0.220 e. The minimum atomic E-state index is 0.268. The molecule has 1 saturated carbocycles. The molecule has 3 heteroatoms. The van der Waals surface area contributed by atoms with Crippen LogP contribution in [0.1, 0.15) is 39.0 Å². The number of hydrogen-bond donors (Lipinski definition) is 2. The molecular weight excluding hydrogens is 188 g/mol. The van der Waals surface area contributed by atoms with Crippen LogP contribution in [-0.4, -0.2) is 25.0 Å². The van der Waals surface area contributed by atoms with Crippen LogP contribution in [0.25, 0.3) is 0 Å². The molecule has 2 aliphatic rings. The van der Waals surface area contributed by atoms with Gasteiger partial charge in [-0.15, -0.1) is 0 Å². The van der Waals surface area contributed by atoms with Crippen LogP contribution in [0.4, 0.5) is 0 Å². The summed E-state index contributed by atoms with van der Waals surface area (Å²) in [6.07, 6.45) is 5.65. The van der Waals surface area contributed by atoms with Crippen LogP contribution in [0.3, 0.4) is 0 Å². The van der Waals surface area contributed by atoms with E-state index in [4.69, 9.17) is 0 Å². The first-order chi connectivity index (χ1) is 7.29. The second kappa shape index (κ2) is 4.97. The van der Waals surface area contributed by atoms with E-state index in [2.05, 4.69) is 17.6 Å². The topological polar surface area (TPSA) is 41.1 Å². The van der Waals surface area contributed by atoms with Gasteiger partial charge in [-0.2, -0.15) is 0 Å². The lowest BCUT2D eigenvalue weighted by molar-refractivity contribution is -0.122. The molecule has 1 amide bonds. The summed E-state index contributed by atoms with van der Waals surface area (Å²) < 4.78 is 0. The lowest BCUT2D eigenvalue weighted by atomic mass is 9.90. The van der Waals surface area contributed by atoms with E-state index in [-0.39, 0.29) is 5.91 Å². The maximum Gasteiger partial charge on any atom is 0.220 e. The average Bonchev–Trinajstić information content (AvgIpc) is 3.02. The van der Waals surface area contributed by atoms with Crippen LogP contribution >= 0.6 is 0 Å². The highest BCUT2D eigenvalue weighted by Crippen LogP contribution is 2.32. The molecule has 2 atom stereocenters. The SMILES string of the molecule is CCC1CCNCC1NC(=O)CC1CC1. The molecule has 0 aromatic carbocycles. The molecule has 15 heavy (non-hydrogen) atoms. The summed E-state index contributed by atoms with van der Waals surface area (Å²) in [6.45, 7) is 4.28. The van der Waals surface area contributed by atoms with E-state index in [1.165, 1.54) is 25.7 Å². The van der Waals surface area contributed by atoms with Gasteiger partial charge in [0.05, 0.1) is 0 Å². The summed E-state index contributed by atoms with van der Waals surface area (Å²) >= 11 is 0. The van der Waals surface area contributed by atoms with E-state index in [0.717, 1.165) is 19.5 Å². The average molecular weight is 210 g/mol. The van der Waals surface area contributed by atoms with Crippen LogP contribution in [0, 0.1) is 11.8 Å². The highest BCUT2D eigenvalue weighted by molar-refractivity contribution is 5.76. The Bertz CT molecular complexity index is 226. The summed E-state index contributed by atoms with van der Waals surface area (Å²) in [4.78, 5) is 11.7. The molecule has 0 radical (unpaired) electrons. The standard InChI is InChI=1S/C12H22N2O/c1-2-10-5-6-13-8-11(10)14-12(15)7-9-3-4-9/h9-11,13H,2-8H2,1H3,(H,14,15). The lowest BCUT2D eigenvalue weighted by Crippen LogP contribution is -2.50. The van der Waals surface area contributed by atoms with E-state index in [1.807, 2.05) is 0 Å². The van der Waals surface area contributed by atoms with Gasteiger partial charge in [0, 0.05) is 19.0 Å². The number of carbonyl (C=O) groups excluding carboxylic acids is 1. The number of amides is 1. The largest absolute Gasteiger partial charge is 0.352 e. The van der Waals surface area contributed by atoms with Crippen molar-refractivity contribution in [1.82, 2.24) is 10.6 Å². The molecule has 3 nitrogen and oxygen atoms in total. The monoisotopic (exact) mass is 210 g/mol. The zero-order chi connectivity index (χ0) is 10.7. The summed E-state index contributed by atoms with van der Waals surface area (Å²) in [5.74, 6) is 1.64. The number of rotatable bonds is 4. The van der Waals surface area contributed by atoms with Gasteiger partial charge in [0.25, 0.3) is 0 Å². The molecule has 2 fully saturated rings. The number of carbonyl (C=O) groups is 1. The zero-order valence-corrected chi connectivity index (χ0v) is 9.59. The van der Waals surface area contributed by atoms with Crippen molar-refractivity contribution in [3.63, 3.8) is 0 Å². The quantitative estimate of drug-likeness (QED) is 0.734. The third kappa shape index (κ3) is 3.20. The molecule has 2 rings (SSSR count). The Hall–Kier alpha value is -0.570. The Morgan fingerprint density at radius 3 is 2.87 bits per heavy atom. The molecular formula is C12H22N2O. The minimum Gasteiger partial charge on any atom is -0.352 e. The maximum atomic E-state index is 11.7. The molecule has 0 aromatic rings. The van der Waals surface area contributed by atoms with Crippen molar-refractivity contribution >= 4 is 5.91 Å². The van der Waals surface area contributed by atoms with E-state index < -0.39 is 0 Å². The van der Waals surface area contributed by atoms with Crippen molar-refractivity contribution in [2.75, 3.05) is 13.1 Å². The molecule has 1 aliphatic heterocycles. The third-order valence-electron chi connectivity index (χ3n) is 3.67. The third-order valence-corrected chi connectivity index (χ3v) is 3.67. The summed E-state index contributed by atoms with van der Waals surface area (Å²) in [7, 11) is 0. The Balaban J connectivity index is 1.76. The Labute approximate surface area is 92.0 Å². The fraction of sp³-hybridized carbons (Fsp3) is 0.917. The Kier molecular flexibility index (Phi) is 3.62. The molecule has 1 saturated heterocycles. The summed E-state index contributed by atoms with van der Waals surface area (Å²) in [5.41, 5.74) is 0. The first-order valence-electron chi connectivity index (χ1n) is 6.29. The van der Waals surface area contributed by atoms with Gasteiger partial charge in [-0.3, -0.25) is 4.79 Å². The van der Waals surface area contributed by atoms with E-state index >= 15 is 0 Å². The molecule has 2 unspecified atom stereocenters. The number of nitrogens with one attached hydrogen (secondary N) is 2. The molecule has 0 aromatic heterocycles. The Morgan fingerprint density at radius 2 is 2.20 bits per heavy atom. The normalized spacial score (nSPS) is 31.3. The summed E-state index contributed by atoms with van der Waals surface area (Å²) in [5, 5.41) is 6.55. The first kappa shape index (κ1) is 10.9. The number of piperidine rings is 1. The van der Waals surface area contributed by atoms with Crippen molar-refractivity contribution in [1.29, 1.82) is 0 Å². The highest BCUT2D eigenvalue weighted by Gasteiger charge is 2.28. The van der Waals surface area contributed by atoms with Gasteiger partial charge in [-0.1, -0.05) is 13.3 Å². The van der Waals surface area contributed by atoms with Gasteiger partial charge in [-0.05, 0) is 37.6 Å². The van der Waals surface area contributed by atoms with Gasteiger partial charge < -0.3 is 10.6 Å². The fourth-order valence-corrected chi connectivity index (χ4v) is 2.42. The molecule has 86 valence electrons. The molecule has 1 heterocycles. The second-order valence-corrected chi connectivity index (χ2v) is 4.98. The van der Waals surface area contributed by atoms with Gasteiger partial charge in [0.2, 0.25) is 5.91 Å². The van der Waals surface area contributed by atoms with Gasteiger partial charge in [0.1, 0.15) is 0 Å². The van der Waals surface area contributed by atoms with Crippen LogP contribution in [0.5, 0.6) is 0 Å². The van der Waals surface area contributed by atoms with Gasteiger partial charge >= 0.3 is 0 Å². The van der Waals surface area contributed by atoms with Crippen molar-refractivity contribution in [2.24, 2.45) is 11.8 Å². The minimum absolute atomic E-state index is 0.268. The zero-order valence-electron chi connectivity index (χ0n) is 9.59. The fourth-order valence-electron chi connectivity index (χ4n) is 2.42. The van der Waals surface area contributed by atoms with E-state index in [9.17, 15) is 4.79 Å². The van der Waals surface area contributed by atoms with Crippen LogP contribution in [0.15, 0.2) is 0 Å². The van der Waals surface area contributed by atoms with Crippen molar-refractivity contribution in [2.45, 2.75) is 45.1 Å². The van der Waals surface area contributed by atoms with Crippen LogP contribution in [-0.2, 0) is 4.79 Å². The number of hydrogen-bond acceptors (Lipinski definition) is 2. The van der Waals surface area contributed by atoms with Crippen molar-refractivity contribution in [3.8, 4) is 0 Å². The predicted octanol–water partition coefficient (Wildman–Crippen LogP) is 1.29. The second-order valence-electron chi connectivity index (χ2n) is 4.98. The molecule has 0 spiro atoms. The highest BCUT2D eigenvalue weighted by atomic mass is 16.1. The van der Waals surface area contributed by atoms with Crippen LogP contribution < -0.4 is 10.6 Å². The molecule has 0 bridgehead atoms. The molecule has 1 aliphatic carbocycles. The first-order valence-corrected chi connectivity index (χ1v) is 6.29. The summed E-state index contributed by atoms with van der Waals surface area (Å²) in [6, 6.07) is 0.370. The van der Waals surface area contributed by atoms with Crippen molar-refractivity contribution in [3.05, 3.63) is 0 Å². The molecule has 2 N–H and O–H groups in total. The van der Waals surface area contributed by atoms with Crippen molar-refractivity contribution < 1.29 is 4.79 Å². The van der Waals surface area contributed by atoms with Gasteiger partial charge in [0.15, 0.2) is 0 Å². The van der Waals surface area contributed by atoms with E-state index in [0.29, 0.717) is 17.9 Å². The van der Waals surface area contributed by atoms with Gasteiger partial charge in [-0.25, -0.2) is 0 Å². The Morgan fingerprint density at radius 1 is 1.40 bits per heavy atom. The predicted molar refractivity (Wildman–Crippen MR) is 60.5 cm³/mol. The maximum absolute atomic E-state index is 11.7. The van der Waals surface area contributed by atoms with Crippen LogP contribution in [0.2, 0.25) is 0 Å². The van der Waals surface area contributed by atoms with E-state index in [1.54, 1.807) is 0 Å². The lowest BCUT2D eigenvalue weighted by Gasteiger charge is -2.32.